The summed E-state index contributed by atoms with van der Waals surface area (Å²) in [7, 11) is 0. The lowest BCUT2D eigenvalue weighted by Gasteiger charge is -2.07. The Hall–Kier alpha value is -2.01. The van der Waals surface area contributed by atoms with Crippen LogP contribution in [0.1, 0.15) is 30.0 Å². The van der Waals surface area contributed by atoms with Crippen LogP contribution < -0.4 is 5.43 Å². The topological polar surface area (TPSA) is 47.8 Å². The number of rotatable bonds is 2. The Bertz CT molecular complexity index is 861. The number of aryl methyl sites for hydroxylation is 1. The summed E-state index contributed by atoms with van der Waals surface area (Å²) >= 11 is 1.61. The van der Waals surface area contributed by atoms with E-state index in [9.17, 15) is 4.79 Å². The molecule has 3 heterocycles. The highest BCUT2D eigenvalue weighted by Gasteiger charge is 2.26. The summed E-state index contributed by atoms with van der Waals surface area (Å²) in [4.78, 5) is 21.1. The minimum Gasteiger partial charge on any atom is -0.289 e. The first-order chi connectivity index (χ1) is 9.74. The first-order valence-electron chi connectivity index (χ1n) is 6.67. The minimum atomic E-state index is 0.0147. The molecule has 0 aromatic carbocycles. The smallest absolute Gasteiger partial charge is 0.195 e. The zero-order valence-corrected chi connectivity index (χ0v) is 11.9. The summed E-state index contributed by atoms with van der Waals surface area (Å²) in [6.07, 6.45) is 5.99. The second kappa shape index (κ2) is 4.24. The van der Waals surface area contributed by atoms with Crippen LogP contribution in [0, 0.1) is 6.92 Å². The number of aromatic nitrogens is 3. The van der Waals surface area contributed by atoms with Gasteiger partial charge in [-0.25, -0.2) is 9.97 Å². The lowest BCUT2D eigenvalue weighted by molar-refractivity contribution is 0.982. The molecule has 1 fully saturated rings. The largest absolute Gasteiger partial charge is 0.289 e. The molecule has 3 aromatic rings. The Balaban J connectivity index is 1.97. The maximum atomic E-state index is 12.0. The van der Waals surface area contributed by atoms with Crippen molar-refractivity contribution in [2.75, 3.05) is 0 Å². The molecule has 4 nitrogen and oxygen atoms in total. The molecule has 4 rings (SSSR count). The second-order valence-corrected chi connectivity index (χ2v) is 6.04. The first kappa shape index (κ1) is 11.8. The van der Waals surface area contributed by atoms with Gasteiger partial charge in [-0.05, 0) is 31.4 Å². The molecule has 0 bridgehead atoms. The van der Waals surface area contributed by atoms with Crippen LogP contribution in [-0.2, 0) is 0 Å². The van der Waals surface area contributed by atoms with Gasteiger partial charge in [-0.1, -0.05) is 0 Å². The minimum absolute atomic E-state index is 0.0147. The van der Waals surface area contributed by atoms with Gasteiger partial charge in [-0.3, -0.25) is 9.36 Å². The molecule has 20 heavy (non-hydrogen) atoms. The van der Waals surface area contributed by atoms with Crippen molar-refractivity contribution in [2.45, 2.75) is 25.7 Å². The van der Waals surface area contributed by atoms with Gasteiger partial charge in [0.2, 0.25) is 0 Å². The van der Waals surface area contributed by atoms with Gasteiger partial charge in [-0.15, -0.1) is 11.3 Å². The van der Waals surface area contributed by atoms with Crippen LogP contribution in [0.3, 0.4) is 0 Å². The average molecular weight is 283 g/mol. The summed E-state index contributed by atoms with van der Waals surface area (Å²) in [6, 6.07) is 3.46. The summed E-state index contributed by atoms with van der Waals surface area (Å²) in [5.41, 5.74) is 2.83. The van der Waals surface area contributed by atoms with Gasteiger partial charge in [0.1, 0.15) is 5.65 Å². The number of nitrogens with zero attached hydrogens (tertiary/aromatic N) is 3. The molecule has 1 aliphatic carbocycles. The van der Waals surface area contributed by atoms with Crippen molar-refractivity contribution < 1.29 is 0 Å². The second-order valence-electron chi connectivity index (χ2n) is 5.21. The highest BCUT2D eigenvalue weighted by atomic mass is 32.1. The van der Waals surface area contributed by atoms with Gasteiger partial charge < -0.3 is 0 Å². The lowest BCUT2D eigenvalue weighted by atomic mass is 10.2. The zero-order chi connectivity index (χ0) is 13.7. The van der Waals surface area contributed by atoms with E-state index < -0.39 is 0 Å². The molecule has 0 atom stereocenters. The normalized spacial score (nSPS) is 14.8. The van der Waals surface area contributed by atoms with Crippen LogP contribution in [0.15, 0.2) is 34.7 Å². The first-order valence-corrected chi connectivity index (χ1v) is 7.55. The molecule has 0 radical (unpaired) electrons. The van der Waals surface area contributed by atoms with E-state index in [1.807, 2.05) is 17.6 Å². The number of fused-ring (bicyclic) bond motifs is 1. The van der Waals surface area contributed by atoms with E-state index in [1.54, 1.807) is 29.8 Å². The maximum absolute atomic E-state index is 12.0. The van der Waals surface area contributed by atoms with Gasteiger partial charge in [0.15, 0.2) is 10.6 Å². The Morgan fingerprint density at radius 1 is 1.35 bits per heavy atom. The van der Waals surface area contributed by atoms with Crippen LogP contribution in [0.25, 0.3) is 16.2 Å². The van der Waals surface area contributed by atoms with Crippen molar-refractivity contribution in [3.63, 3.8) is 0 Å². The van der Waals surface area contributed by atoms with Crippen LogP contribution in [-0.4, -0.2) is 14.5 Å². The molecular formula is C15H13N3OS. The summed E-state index contributed by atoms with van der Waals surface area (Å²) in [5, 5.41) is 3.68. The molecule has 0 spiro atoms. The van der Waals surface area contributed by atoms with Crippen molar-refractivity contribution >= 4 is 22.4 Å². The standard InChI is InChI=1S/C15H13N3OS/c1-9-4-6-16-14-13(9)12(19)5-7-18(14)15-17-11(8-20-15)10-2-3-10/h4-8,10H,2-3H2,1H3. The molecule has 5 heteroatoms. The van der Waals surface area contributed by atoms with E-state index >= 15 is 0 Å². The molecular weight excluding hydrogens is 270 g/mol. The zero-order valence-electron chi connectivity index (χ0n) is 11.0. The van der Waals surface area contributed by atoms with Crippen molar-refractivity contribution in [1.29, 1.82) is 0 Å². The summed E-state index contributed by atoms with van der Waals surface area (Å²) in [5.74, 6) is 0.639. The summed E-state index contributed by atoms with van der Waals surface area (Å²) < 4.78 is 1.92. The van der Waals surface area contributed by atoms with Crippen LogP contribution >= 0.6 is 11.3 Å². The quantitative estimate of drug-likeness (QED) is 0.726. The van der Waals surface area contributed by atoms with Crippen molar-refractivity contribution in [3.8, 4) is 5.13 Å². The maximum Gasteiger partial charge on any atom is 0.195 e. The molecule has 0 amide bonds. The van der Waals surface area contributed by atoms with Gasteiger partial charge in [0, 0.05) is 29.8 Å². The lowest BCUT2D eigenvalue weighted by Crippen LogP contribution is -2.09. The fraction of sp³-hybridized carbons (Fsp3) is 0.267. The number of pyridine rings is 2. The molecule has 100 valence electrons. The van der Waals surface area contributed by atoms with E-state index in [4.69, 9.17) is 4.98 Å². The van der Waals surface area contributed by atoms with E-state index in [0.29, 0.717) is 17.0 Å². The summed E-state index contributed by atoms with van der Waals surface area (Å²) in [6.45, 7) is 1.94. The Labute approximate surface area is 119 Å². The van der Waals surface area contributed by atoms with Crippen LogP contribution in [0.4, 0.5) is 0 Å². The molecule has 1 saturated carbocycles. The van der Waals surface area contributed by atoms with Gasteiger partial charge in [-0.2, -0.15) is 0 Å². The van der Waals surface area contributed by atoms with Crippen molar-refractivity contribution in [2.24, 2.45) is 0 Å². The molecule has 0 N–H and O–H groups in total. The Morgan fingerprint density at radius 3 is 3.00 bits per heavy atom. The van der Waals surface area contributed by atoms with Gasteiger partial charge in [0.25, 0.3) is 0 Å². The van der Waals surface area contributed by atoms with Crippen LogP contribution in [0.2, 0.25) is 0 Å². The predicted molar refractivity (Wildman–Crippen MR) is 79.7 cm³/mol. The number of hydrogen-bond donors (Lipinski definition) is 0. The molecule has 0 unspecified atom stereocenters. The SMILES string of the molecule is Cc1ccnc2c1c(=O)ccn2-c1nc(C2CC2)cs1. The highest BCUT2D eigenvalue weighted by Crippen LogP contribution is 2.40. The van der Waals surface area contributed by atoms with Gasteiger partial charge >= 0.3 is 0 Å². The van der Waals surface area contributed by atoms with Crippen molar-refractivity contribution in [1.82, 2.24) is 14.5 Å². The van der Waals surface area contributed by atoms with E-state index in [1.165, 1.54) is 18.5 Å². The molecule has 0 aliphatic heterocycles. The van der Waals surface area contributed by atoms with Gasteiger partial charge in [0.05, 0.1) is 11.1 Å². The van der Waals surface area contributed by atoms with E-state index in [2.05, 4.69) is 10.4 Å². The average Bonchev–Trinajstić information content (AvgIpc) is 3.18. The molecule has 1 aliphatic rings. The van der Waals surface area contributed by atoms with E-state index in [0.717, 1.165) is 10.7 Å². The third-order valence-corrected chi connectivity index (χ3v) is 4.56. The number of thiazole rings is 1. The fourth-order valence-electron chi connectivity index (χ4n) is 2.44. The highest BCUT2D eigenvalue weighted by molar-refractivity contribution is 7.12. The predicted octanol–water partition coefficient (Wildman–Crippen LogP) is 3.03. The third-order valence-electron chi connectivity index (χ3n) is 3.70. The van der Waals surface area contributed by atoms with Crippen molar-refractivity contribution in [3.05, 3.63) is 51.4 Å². The van der Waals surface area contributed by atoms with E-state index in [-0.39, 0.29) is 5.43 Å². The Kier molecular flexibility index (Phi) is 2.50. The number of hydrogen-bond acceptors (Lipinski definition) is 4. The fourth-order valence-corrected chi connectivity index (χ4v) is 3.33. The molecule has 0 saturated heterocycles. The third kappa shape index (κ3) is 1.78. The van der Waals surface area contributed by atoms with Crippen LogP contribution in [0.5, 0.6) is 0 Å². The monoisotopic (exact) mass is 283 g/mol. The Morgan fingerprint density at radius 2 is 2.20 bits per heavy atom. The molecule has 3 aromatic heterocycles.